The van der Waals surface area contributed by atoms with Crippen LogP contribution in [-0.2, 0) is 4.79 Å². The standard InChI is InChI=1S/C23H27N3O2S/c1-4-28-18-8-9-20-21(14-18)29-23(25-20)26-12-10-17(11-13-26)22(27)24-19-7-5-6-15(2)16(19)3/h5-9,14,17H,4,10-13H2,1-3H3,(H,24,27). The Bertz CT molecular complexity index is 1020. The lowest BCUT2D eigenvalue weighted by Crippen LogP contribution is -2.38. The molecule has 0 aliphatic carbocycles. The van der Waals surface area contributed by atoms with E-state index in [9.17, 15) is 4.79 Å². The van der Waals surface area contributed by atoms with Gasteiger partial charge in [-0.15, -0.1) is 0 Å². The van der Waals surface area contributed by atoms with Crippen molar-refractivity contribution >= 4 is 38.3 Å². The molecule has 0 saturated carbocycles. The number of rotatable bonds is 5. The van der Waals surface area contributed by atoms with Crippen molar-refractivity contribution in [2.24, 2.45) is 5.92 Å². The molecule has 6 heteroatoms. The van der Waals surface area contributed by atoms with Crippen LogP contribution < -0.4 is 15.0 Å². The first-order valence-corrected chi connectivity index (χ1v) is 11.0. The molecule has 1 amide bonds. The zero-order valence-corrected chi connectivity index (χ0v) is 18.0. The molecule has 0 bridgehead atoms. The second kappa shape index (κ2) is 8.41. The number of anilines is 2. The largest absolute Gasteiger partial charge is 0.494 e. The van der Waals surface area contributed by atoms with Crippen LogP contribution in [0.2, 0.25) is 0 Å². The van der Waals surface area contributed by atoms with Crippen molar-refractivity contribution in [1.82, 2.24) is 4.98 Å². The van der Waals surface area contributed by atoms with E-state index < -0.39 is 0 Å². The highest BCUT2D eigenvalue weighted by Crippen LogP contribution is 2.33. The molecular weight excluding hydrogens is 382 g/mol. The van der Waals surface area contributed by atoms with Gasteiger partial charge in [0, 0.05) is 24.7 Å². The molecule has 152 valence electrons. The maximum Gasteiger partial charge on any atom is 0.227 e. The van der Waals surface area contributed by atoms with Gasteiger partial charge in [0.25, 0.3) is 0 Å². The van der Waals surface area contributed by atoms with Gasteiger partial charge in [-0.05, 0) is 69.0 Å². The number of hydrogen-bond donors (Lipinski definition) is 1. The third kappa shape index (κ3) is 4.22. The Morgan fingerprint density at radius 3 is 2.79 bits per heavy atom. The predicted molar refractivity (Wildman–Crippen MR) is 120 cm³/mol. The molecular formula is C23H27N3O2S. The zero-order valence-electron chi connectivity index (χ0n) is 17.2. The topological polar surface area (TPSA) is 54.5 Å². The molecule has 0 atom stereocenters. The molecule has 1 aromatic heterocycles. The Labute approximate surface area is 175 Å². The van der Waals surface area contributed by atoms with Crippen LogP contribution in [0.25, 0.3) is 10.2 Å². The number of benzene rings is 2. The number of amides is 1. The fraction of sp³-hybridized carbons (Fsp3) is 0.391. The first kappa shape index (κ1) is 19.7. The Hall–Kier alpha value is -2.60. The van der Waals surface area contributed by atoms with Crippen LogP contribution in [0, 0.1) is 19.8 Å². The van der Waals surface area contributed by atoms with E-state index in [0.29, 0.717) is 6.61 Å². The summed E-state index contributed by atoms with van der Waals surface area (Å²) in [5, 5.41) is 4.16. The molecule has 3 aromatic rings. The SMILES string of the molecule is CCOc1ccc2nc(N3CCC(C(=O)Nc4cccc(C)c4C)CC3)sc2c1. The molecule has 0 radical (unpaired) electrons. The molecule has 1 aliphatic rings. The van der Waals surface area contributed by atoms with Gasteiger partial charge in [0.15, 0.2) is 5.13 Å². The van der Waals surface area contributed by atoms with E-state index in [-0.39, 0.29) is 11.8 Å². The smallest absolute Gasteiger partial charge is 0.227 e. The number of piperidine rings is 1. The van der Waals surface area contributed by atoms with Crippen LogP contribution in [0.3, 0.4) is 0 Å². The van der Waals surface area contributed by atoms with Crippen molar-refractivity contribution in [3.8, 4) is 5.75 Å². The van der Waals surface area contributed by atoms with Crippen molar-refractivity contribution in [2.45, 2.75) is 33.6 Å². The van der Waals surface area contributed by atoms with Crippen molar-refractivity contribution in [1.29, 1.82) is 0 Å². The van der Waals surface area contributed by atoms with Crippen molar-refractivity contribution in [2.75, 3.05) is 29.9 Å². The van der Waals surface area contributed by atoms with Gasteiger partial charge in [0.2, 0.25) is 5.91 Å². The van der Waals surface area contributed by atoms with E-state index >= 15 is 0 Å². The summed E-state index contributed by atoms with van der Waals surface area (Å²) in [5.74, 6) is 1.06. The van der Waals surface area contributed by atoms with Gasteiger partial charge in [-0.1, -0.05) is 23.5 Å². The molecule has 1 N–H and O–H groups in total. The summed E-state index contributed by atoms with van der Waals surface area (Å²) in [7, 11) is 0. The highest BCUT2D eigenvalue weighted by atomic mass is 32.1. The van der Waals surface area contributed by atoms with Gasteiger partial charge in [-0.25, -0.2) is 4.98 Å². The maximum atomic E-state index is 12.8. The lowest BCUT2D eigenvalue weighted by atomic mass is 9.96. The van der Waals surface area contributed by atoms with Crippen molar-refractivity contribution in [3.05, 3.63) is 47.5 Å². The van der Waals surface area contributed by atoms with Gasteiger partial charge < -0.3 is 15.0 Å². The minimum Gasteiger partial charge on any atom is -0.494 e. The summed E-state index contributed by atoms with van der Waals surface area (Å²) < 4.78 is 6.73. The highest BCUT2D eigenvalue weighted by Gasteiger charge is 2.27. The first-order chi connectivity index (χ1) is 14.0. The number of fused-ring (bicyclic) bond motifs is 1. The van der Waals surface area contributed by atoms with Crippen LogP contribution in [-0.4, -0.2) is 30.6 Å². The number of thiazole rings is 1. The average Bonchev–Trinajstić information content (AvgIpc) is 3.15. The number of nitrogens with one attached hydrogen (secondary N) is 1. The molecule has 4 rings (SSSR count). The fourth-order valence-electron chi connectivity index (χ4n) is 3.74. The quantitative estimate of drug-likeness (QED) is 0.632. The maximum absolute atomic E-state index is 12.8. The van der Waals surface area contributed by atoms with Crippen LogP contribution in [0.15, 0.2) is 36.4 Å². The molecule has 5 nitrogen and oxygen atoms in total. The number of carbonyl (C=O) groups excluding carboxylic acids is 1. The minimum atomic E-state index is 0.0464. The lowest BCUT2D eigenvalue weighted by molar-refractivity contribution is -0.120. The van der Waals surface area contributed by atoms with Gasteiger partial charge in [-0.3, -0.25) is 4.79 Å². The fourth-order valence-corrected chi connectivity index (χ4v) is 4.78. The van der Waals surface area contributed by atoms with Crippen LogP contribution in [0.1, 0.15) is 30.9 Å². The summed E-state index contributed by atoms with van der Waals surface area (Å²) in [6, 6.07) is 12.1. The Balaban J connectivity index is 1.39. The molecule has 2 aromatic carbocycles. The molecule has 29 heavy (non-hydrogen) atoms. The molecule has 1 fully saturated rings. The minimum absolute atomic E-state index is 0.0464. The van der Waals surface area contributed by atoms with Crippen LogP contribution in [0.5, 0.6) is 5.75 Å². The Morgan fingerprint density at radius 1 is 1.24 bits per heavy atom. The summed E-state index contributed by atoms with van der Waals surface area (Å²) in [4.78, 5) is 19.8. The third-order valence-electron chi connectivity index (χ3n) is 5.66. The van der Waals surface area contributed by atoms with Crippen LogP contribution in [0.4, 0.5) is 10.8 Å². The number of aromatic nitrogens is 1. The molecule has 1 saturated heterocycles. The summed E-state index contributed by atoms with van der Waals surface area (Å²) >= 11 is 1.69. The summed E-state index contributed by atoms with van der Waals surface area (Å²) in [6.45, 7) is 8.47. The summed E-state index contributed by atoms with van der Waals surface area (Å²) in [5.41, 5.74) is 4.26. The van der Waals surface area contributed by atoms with Gasteiger partial charge in [0.05, 0.1) is 16.8 Å². The molecule has 0 spiro atoms. The van der Waals surface area contributed by atoms with E-state index in [1.54, 1.807) is 11.3 Å². The first-order valence-electron chi connectivity index (χ1n) is 10.2. The van der Waals surface area contributed by atoms with Crippen LogP contribution >= 0.6 is 11.3 Å². The number of nitrogens with zero attached hydrogens (tertiary/aromatic N) is 2. The average molecular weight is 410 g/mol. The molecule has 2 heterocycles. The third-order valence-corrected chi connectivity index (χ3v) is 6.74. The molecule has 1 aliphatic heterocycles. The number of carbonyl (C=O) groups is 1. The van der Waals surface area contributed by atoms with E-state index in [2.05, 4.69) is 36.2 Å². The second-order valence-electron chi connectivity index (χ2n) is 7.56. The van der Waals surface area contributed by atoms with E-state index in [1.165, 1.54) is 5.56 Å². The Morgan fingerprint density at radius 2 is 2.03 bits per heavy atom. The van der Waals surface area contributed by atoms with E-state index in [1.807, 2.05) is 31.2 Å². The number of aryl methyl sites for hydroxylation is 1. The van der Waals surface area contributed by atoms with Gasteiger partial charge >= 0.3 is 0 Å². The monoisotopic (exact) mass is 409 g/mol. The second-order valence-corrected chi connectivity index (χ2v) is 8.57. The van der Waals surface area contributed by atoms with E-state index in [0.717, 1.165) is 58.3 Å². The summed E-state index contributed by atoms with van der Waals surface area (Å²) in [6.07, 6.45) is 1.69. The van der Waals surface area contributed by atoms with E-state index in [4.69, 9.17) is 9.72 Å². The number of ether oxygens (including phenoxy) is 1. The van der Waals surface area contributed by atoms with Gasteiger partial charge in [-0.2, -0.15) is 0 Å². The van der Waals surface area contributed by atoms with Crippen molar-refractivity contribution < 1.29 is 9.53 Å². The highest BCUT2D eigenvalue weighted by molar-refractivity contribution is 7.22. The lowest BCUT2D eigenvalue weighted by Gasteiger charge is -2.31. The number of hydrogen-bond acceptors (Lipinski definition) is 5. The normalized spacial score (nSPS) is 14.9. The Kier molecular flexibility index (Phi) is 5.72. The van der Waals surface area contributed by atoms with Crippen molar-refractivity contribution in [3.63, 3.8) is 0 Å². The molecule has 0 unspecified atom stereocenters. The van der Waals surface area contributed by atoms with Gasteiger partial charge in [0.1, 0.15) is 5.75 Å². The predicted octanol–water partition coefficient (Wildman–Crippen LogP) is 5.17. The zero-order chi connectivity index (χ0) is 20.4.